The Morgan fingerprint density at radius 1 is 1.13 bits per heavy atom. The van der Waals surface area contributed by atoms with Crippen LogP contribution >= 0.6 is 0 Å². The van der Waals surface area contributed by atoms with Gasteiger partial charge in [0.15, 0.2) is 0 Å². The van der Waals surface area contributed by atoms with Crippen LogP contribution in [0.1, 0.15) is 33.6 Å². The molecule has 0 aliphatic carbocycles. The van der Waals surface area contributed by atoms with Crippen LogP contribution in [0.25, 0.3) is 0 Å². The predicted molar refractivity (Wildman–Crippen MR) is 64.1 cm³/mol. The van der Waals surface area contributed by atoms with Crippen molar-refractivity contribution in [3.63, 3.8) is 0 Å². The molecule has 0 saturated carbocycles. The van der Waals surface area contributed by atoms with E-state index in [1.54, 1.807) is 0 Å². The van der Waals surface area contributed by atoms with Gasteiger partial charge in [0.25, 0.3) is 0 Å². The largest absolute Gasteiger partial charge is 0.395 e. The maximum atomic E-state index is 8.87. The molecular weight excluding hydrogens is 188 g/mol. The Morgan fingerprint density at radius 3 is 2.20 bits per heavy atom. The molecule has 1 aliphatic heterocycles. The van der Waals surface area contributed by atoms with Crippen LogP contribution in [0.3, 0.4) is 0 Å². The number of aliphatic hydroxyl groups is 1. The van der Waals surface area contributed by atoms with E-state index in [0.29, 0.717) is 12.1 Å². The van der Waals surface area contributed by atoms with Gasteiger partial charge in [0, 0.05) is 38.3 Å². The summed E-state index contributed by atoms with van der Waals surface area (Å²) < 4.78 is 0. The van der Waals surface area contributed by atoms with E-state index in [1.165, 1.54) is 12.8 Å². The summed E-state index contributed by atoms with van der Waals surface area (Å²) in [5, 5.41) is 8.87. The molecule has 0 aromatic heterocycles. The first-order chi connectivity index (χ1) is 7.10. The molecule has 0 spiro atoms. The lowest BCUT2D eigenvalue weighted by Crippen LogP contribution is -2.54. The highest BCUT2D eigenvalue weighted by Gasteiger charge is 2.28. The third kappa shape index (κ3) is 3.74. The Hall–Kier alpha value is -0.120. The Balaban J connectivity index is 2.36. The van der Waals surface area contributed by atoms with Gasteiger partial charge in [-0.3, -0.25) is 9.80 Å². The Labute approximate surface area is 94.1 Å². The molecule has 0 unspecified atom stereocenters. The topological polar surface area (TPSA) is 26.7 Å². The monoisotopic (exact) mass is 214 g/mol. The van der Waals surface area contributed by atoms with Crippen molar-refractivity contribution in [2.45, 2.75) is 39.2 Å². The van der Waals surface area contributed by atoms with Gasteiger partial charge >= 0.3 is 0 Å². The molecule has 1 aliphatic rings. The standard InChI is InChI=1S/C12H26N2O/c1-4-5-12(2,3)14-8-6-13(7-9-14)10-11-15/h15H,4-11H2,1-3H3. The zero-order chi connectivity index (χ0) is 11.3. The van der Waals surface area contributed by atoms with E-state index >= 15 is 0 Å². The molecular formula is C12H26N2O. The average Bonchev–Trinajstić information content (AvgIpc) is 2.19. The summed E-state index contributed by atoms with van der Waals surface area (Å²) in [6, 6.07) is 0. The number of β-amino-alcohol motifs (C(OH)–C–C–N with tert-alkyl or cyclic N) is 1. The van der Waals surface area contributed by atoms with Crippen LogP contribution in [0.5, 0.6) is 0 Å². The molecule has 0 atom stereocenters. The van der Waals surface area contributed by atoms with Crippen LogP contribution in [0.15, 0.2) is 0 Å². The van der Waals surface area contributed by atoms with Crippen molar-refractivity contribution in [1.82, 2.24) is 9.80 Å². The van der Waals surface area contributed by atoms with E-state index in [1.807, 2.05) is 0 Å². The summed E-state index contributed by atoms with van der Waals surface area (Å²) in [4.78, 5) is 4.93. The van der Waals surface area contributed by atoms with Crippen molar-refractivity contribution in [2.75, 3.05) is 39.3 Å². The van der Waals surface area contributed by atoms with Crippen LogP contribution in [0.2, 0.25) is 0 Å². The van der Waals surface area contributed by atoms with E-state index in [2.05, 4.69) is 30.6 Å². The van der Waals surface area contributed by atoms with Gasteiger partial charge in [-0.1, -0.05) is 13.3 Å². The third-order valence-corrected chi connectivity index (χ3v) is 3.51. The van der Waals surface area contributed by atoms with Gasteiger partial charge in [0.05, 0.1) is 6.61 Å². The van der Waals surface area contributed by atoms with E-state index in [4.69, 9.17) is 5.11 Å². The molecule has 3 heteroatoms. The summed E-state index contributed by atoms with van der Waals surface area (Å²) in [5.41, 5.74) is 0.347. The molecule has 3 nitrogen and oxygen atoms in total. The van der Waals surface area contributed by atoms with Crippen molar-refractivity contribution < 1.29 is 5.11 Å². The number of hydrogen-bond donors (Lipinski definition) is 1. The highest BCUT2D eigenvalue weighted by Crippen LogP contribution is 2.21. The van der Waals surface area contributed by atoms with Crippen molar-refractivity contribution >= 4 is 0 Å². The second kappa shape index (κ2) is 5.83. The van der Waals surface area contributed by atoms with Crippen molar-refractivity contribution in [3.05, 3.63) is 0 Å². The summed E-state index contributed by atoms with van der Waals surface area (Å²) in [6.45, 7) is 12.6. The van der Waals surface area contributed by atoms with Crippen molar-refractivity contribution in [1.29, 1.82) is 0 Å². The summed E-state index contributed by atoms with van der Waals surface area (Å²) in [7, 11) is 0. The fourth-order valence-electron chi connectivity index (χ4n) is 2.49. The van der Waals surface area contributed by atoms with E-state index in [9.17, 15) is 0 Å². The van der Waals surface area contributed by atoms with E-state index in [-0.39, 0.29) is 0 Å². The lowest BCUT2D eigenvalue weighted by Gasteiger charge is -2.44. The first-order valence-corrected chi connectivity index (χ1v) is 6.18. The molecule has 1 heterocycles. The first-order valence-electron chi connectivity index (χ1n) is 6.18. The molecule has 0 aromatic carbocycles. The molecule has 0 amide bonds. The number of piperazine rings is 1. The van der Waals surface area contributed by atoms with Gasteiger partial charge < -0.3 is 5.11 Å². The molecule has 1 N–H and O–H groups in total. The maximum absolute atomic E-state index is 8.87. The lowest BCUT2D eigenvalue weighted by molar-refractivity contribution is 0.0408. The minimum Gasteiger partial charge on any atom is -0.395 e. The summed E-state index contributed by atoms with van der Waals surface area (Å²) in [5.74, 6) is 0. The van der Waals surface area contributed by atoms with E-state index in [0.717, 1.165) is 32.7 Å². The normalized spacial score (nSPS) is 20.8. The Morgan fingerprint density at radius 2 is 1.73 bits per heavy atom. The number of nitrogens with zero attached hydrogens (tertiary/aromatic N) is 2. The SMILES string of the molecule is CCCC(C)(C)N1CCN(CCO)CC1. The molecule has 1 rings (SSSR count). The maximum Gasteiger partial charge on any atom is 0.0558 e. The molecule has 15 heavy (non-hydrogen) atoms. The minimum absolute atomic E-state index is 0.290. The van der Waals surface area contributed by atoms with Gasteiger partial charge in [-0.05, 0) is 20.3 Å². The van der Waals surface area contributed by atoms with Crippen molar-refractivity contribution in [3.8, 4) is 0 Å². The van der Waals surface area contributed by atoms with Gasteiger partial charge in [0.1, 0.15) is 0 Å². The first kappa shape index (κ1) is 12.9. The van der Waals surface area contributed by atoms with Crippen LogP contribution in [0.4, 0.5) is 0 Å². The fourth-order valence-corrected chi connectivity index (χ4v) is 2.49. The third-order valence-electron chi connectivity index (χ3n) is 3.51. The second-order valence-electron chi connectivity index (χ2n) is 5.11. The van der Waals surface area contributed by atoms with Crippen LogP contribution < -0.4 is 0 Å². The summed E-state index contributed by atoms with van der Waals surface area (Å²) in [6.07, 6.45) is 2.52. The zero-order valence-corrected chi connectivity index (χ0v) is 10.5. The fraction of sp³-hybridized carbons (Fsp3) is 1.00. The average molecular weight is 214 g/mol. The van der Waals surface area contributed by atoms with Gasteiger partial charge in [0.2, 0.25) is 0 Å². The van der Waals surface area contributed by atoms with E-state index < -0.39 is 0 Å². The molecule has 1 fully saturated rings. The molecule has 1 saturated heterocycles. The molecule has 0 radical (unpaired) electrons. The highest BCUT2D eigenvalue weighted by molar-refractivity contribution is 4.85. The molecule has 90 valence electrons. The van der Waals surface area contributed by atoms with Gasteiger partial charge in [-0.25, -0.2) is 0 Å². The smallest absolute Gasteiger partial charge is 0.0558 e. The van der Waals surface area contributed by atoms with Crippen LogP contribution in [-0.4, -0.2) is 59.8 Å². The Bertz CT molecular complexity index is 174. The summed E-state index contributed by atoms with van der Waals surface area (Å²) >= 11 is 0. The number of rotatable bonds is 5. The zero-order valence-electron chi connectivity index (χ0n) is 10.5. The van der Waals surface area contributed by atoms with Gasteiger partial charge in [-0.15, -0.1) is 0 Å². The number of aliphatic hydroxyl groups excluding tert-OH is 1. The quantitative estimate of drug-likeness (QED) is 0.744. The predicted octanol–water partition coefficient (Wildman–Crippen LogP) is 1.18. The highest BCUT2D eigenvalue weighted by atomic mass is 16.3. The van der Waals surface area contributed by atoms with Crippen molar-refractivity contribution in [2.24, 2.45) is 0 Å². The molecule has 0 aromatic rings. The van der Waals surface area contributed by atoms with Crippen LogP contribution in [-0.2, 0) is 0 Å². The van der Waals surface area contributed by atoms with Crippen LogP contribution in [0, 0.1) is 0 Å². The minimum atomic E-state index is 0.290. The molecule has 0 bridgehead atoms. The van der Waals surface area contributed by atoms with Gasteiger partial charge in [-0.2, -0.15) is 0 Å². The lowest BCUT2D eigenvalue weighted by atomic mass is 9.95. The number of hydrogen-bond acceptors (Lipinski definition) is 3. The second-order valence-corrected chi connectivity index (χ2v) is 5.11. The Kier molecular flexibility index (Phi) is 5.03.